The topological polar surface area (TPSA) is 59.4 Å². The first kappa shape index (κ1) is 17.7. The molecular weight excluding hydrogens is 319 g/mol. The van der Waals surface area contributed by atoms with Crippen LogP contribution in [0.3, 0.4) is 0 Å². The largest absolute Gasteiger partial charge is 0.335 e. The number of urea groups is 1. The van der Waals surface area contributed by atoms with E-state index in [1.165, 1.54) is 25.3 Å². The fraction of sp³-hybridized carbons (Fsp3) is 0.579. The molecule has 1 aromatic carbocycles. The summed E-state index contributed by atoms with van der Waals surface area (Å²) in [6, 6.07) is 8.30. The maximum Gasteiger partial charge on any atom is 0.317 e. The highest BCUT2D eigenvalue weighted by Crippen LogP contribution is 2.24. The van der Waals surface area contributed by atoms with Crippen molar-refractivity contribution >= 4 is 6.03 Å². The maximum atomic E-state index is 14.0. The van der Waals surface area contributed by atoms with Gasteiger partial charge in [0.15, 0.2) is 0 Å². The Morgan fingerprint density at radius 2 is 1.84 bits per heavy atom. The van der Waals surface area contributed by atoms with Crippen LogP contribution in [0, 0.1) is 17.1 Å². The Hall–Kier alpha value is -2.13. The van der Waals surface area contributed by atoms with E-state index >= 15 is 0 Å². The summed E-state index contributed by atoms with van der Waals surface area (Å²) in [6.07, 6.45) is 5.76. The second-order valence-electron chi connectivity index (χ2n) is 6.86. The number of piperazine rings is 1. The summed E-state index contributed by atoms with van der Waals surface area (Å²) in [5, 5.41) is 12.6. The van der Waals surface area contributed by atoms with Gasteiger partial charge in [-0.25, -0.2) is 9.18 Å². The Morgan fingerprint density at radius 1 is 1.16 bits per heavy atom. The fourth-order valence-electron chi connectivity index (χ4n) is 3.74. The van der Waals surface area contributed by atoms with Crippen molar-refractivity contribution in [3.63, 3.8) is 0 Å². The number of amides is 2. The Kier molecular flexibility index (Phi) is 5.87. The summed E-state index contributed by atoms with van der Waals surface area (Å²) in [7, 11) is 0. The van der Waals surface area contributed by atoms with Crippen LogP contribution in [0.5, 0.6) is 0 Å². The predicted molar refractivity (Wildman–Crippen MR) is 93.3 cm³/mol. The van der Waals surface area contributed by atoms with Gasteiger partial charge in [0.1, 0.15) is 11.9 Å². The Labute approximate surface area is 148 Å². The highest BCUT2D eigenvalue weighted by molar-refractivity contribution is 5.74. The van der Waals surface area contributed by atoms with Crippen LogP contribution in [-0.2, 0) is 0 Å². The molecule has 2 aliphatic rings. The molecule has 0 bridgehead atoms. The molecule has 0 aromatic heterocycles. The van der Waals surface area contributed by atoms with Crippen molar-refractivity contribution in [2.75, 3.05) is 26.2 Å². The molecule has 2 amide bonds. The standard InChI is InChI=1S/C19H25FN4O/c20-17-9-5-4-8-16(17)18(14-21)23-10-12-24(13-11-23)19(25)22-15-6-2-1-3-7-15/h4-5,8-9,15,18H,1-3,6-7,10-13H2,(H,22,25). The van der Waals surface area contributed by atoms with E-state index in [1.54, 1.807) is 23.1 Å². The predicted octanol–water partition coefficient (Wildman–Crippen LogP) is 3.05. The number of nitrogens with zero attached hydrogens (tertiary/aromatic N) is 3. The van der Waals surface area contributed by atoms with E-state index in [2.05, 4.69) is 11.4 Å². The summed E-state index contributed by atoms with van der Waals surface area (Å²) in [6.45, 7) is 2.27. The number of hydrogen-bond donors (Lipinski definition) is 1. The number of hydrogen-bond acceptors (Lipinski definition) is 3. The minimum Gasteiger partial charge on any atom is -0.335 e. The van der Waals surface area contributed by atoms with Gasteiger partial charge in [-0.3, -0.25) is 4.90 Å². The van der Waals surface area contributed by atoms with E-state index in [0.717, 1.165) is 12.8 Å². The molecule has 5 nitrogen and oxygen atoms in total. The lowest BCUT2D eigenvalue weighted by Crippen LogP contribution is -2.54. The summed E-state index contributed by atoms with van der Waals surface area (Å²) in [4.78, 5) is 16.2. The van der Waals surface area contributed by atoms with Crippen LogP contribution in [0.25, 0.3) is 0 Å². The Morgan fingerprint density at radius 3 is 2.48 bits per heavy atom. The summed E-state index contributed by atoms with van der Waals surface area (Å²) >= 11 is 0. The van der Waals surface area contributed by atoms with Gasteiger partial charge in [-0.1, -0.05) is 37.5 Å². The molecule has 1 aliphatic carbocycles. The first-order chi connectivity index (χ1) is 12.2. The van der Waals surface area contributed by atoms with Gasteiger partial charge in [0.2, 0.25) is 0 Å². The van der Waals surface area contributed by atoms with Gasteiger partial charge in [-0.15, -0.1) is 0 Å². The maximum absolute atomic E-state index is 14.0. The monoisotopic (exact) mass is 344 g/mol. The highest BCUT2D eigenvalue weighted by atomic mass is 19.1. The first-order valence-corrected chi connectivity index (χ1v) is 9.12. The van der Waals surface area contributed by atoms with E-state index in [-0.39, 0.29) is 11.8 Å². The summed E-state index contributed by atoms with van der Waals surface area (Å²) < 4.78 is 14.0. The second-order valence-corrected chi connectivity index (χ2v) is 6.86. The number of nitriles is 1. The van der Waals surface area contributed by atoms with Crippen molar-refractivity contribution in [3.05, 3.63) is 35.6 Å². The molecule has 1 unspecified atom stereocenters. The van der Waals surface area contributed by atoms with Crippen molar-refractivity contribution in [2.45, 2.75) is 44.2 Å². The first-order valence-electron chi connectivity index (χ1n) is 9.12. The van der Waals surface area contributed by atoms with Gasteiger partial charge in [0, 0.05) is 37.8 Å². The van der Waals surface area contributed by atoms with Crippen LogP contribution >= 0.6 is 0 Å². The van der Waals surface area contributed by atoms with Crippen molar-refractivity contribution in [3.8, 4) is 6.07 Å². The van der Waals surface area contributed by atoms with E-state index in [4.69, 9.17) is 0 Å². The SMILES string of the molecule is N#CC(c1ccccc1F)N1CCN(C(=O)NC2CCCCC2)CC1. The molecule has 1 saturated carbocycles. The average molecular weight is 344 g/mol. The van der Waals surface area contributed by atoms with Crippen molar-refractivity contribution in [2.24, 2.45) is 0 Å². The molecule has 1 aliphatic heterocycles. The third-order valence-corrected chi connectivity index (χ3v) is 5.22. The number of benzene rings is 1. The second kappa shape index (κ2) is 8.30. The molecule has 0 spiro atoms. The van der Waals surface area contributed by atoms with Gasteiger partial charge in [0.25, 0.3) is 0 Å². The number of halogens is 1. The van der Waals surface area contributed by atoms with Crippen LogP contribution < -0.4 is 5.32 Å². The lowest BCUT2D eigenvalue weighted by Gasteiger charge is -2.37. The van der Waals surface area contributed by atoms with Crippen molar-refractivity contribution in [1.82, 2.24) is 15.1 Å². The van der Waals surface area contributed by atoms with Crippen LogP contribution in [0.1, 0.15) is 43.7 Å². The van der Waals surface area contributed by atoms with Crippen molar-refractivity contribution < 1.29 is 9.18 Å². The third kappa shape index (κ3) is 4.29. The minimum atomic E-state index is -0.607. The molecule has 1 N–H and O–H groups in total. The molecule has 1 atom stereocenters. The summed E-state index contributed by atoms with van der Waals surface area (Å²) in [5.74, 6) is -0.355. The van der Waals surface area contributed by atoms with E-state index < -0.39 is 6.04 Å². The molecule has 1 heterocycles. The Bertz CT molecular complexity index is 631. The van der Waals surface area contributed by atoms with Crippen LogP contribution in [-0.4, -0.2) is 48.1 Å². The number of carbonyl (C=O) groups is 1. The highest BCUT2D eigenvalue weighted by Gasteiger charge is 2.29. The third-order valence-electron chi connectivity index (χ3n) is 5.22. The molecular formula is C19H25FN4O. The molecule has 2 fully saturated rings. The average Bonchev–Trinajstić information content (AvgIpc) is 2.65. The Balaban J connectivity index is 1.55. The smallest absolute Gasteiger partial charge is 0.317 e. The minimum absolute atomic E-state index is 0.00838. The van der Waals surface area contributed by atoms with Crippen LogP contribution in [0.15, 0.2) is 24.3 Å². The molecule has 1 aromatic rings. The van der Waals surface area contributed by atoms with Gasteiger partial charge in [-0.05, 0) is 18.9 Å². The van der Waals surface area contributed by atoms with Gasteiger partial charge in [-0.2, -0.15) is 5.26 Å². The number of carbonyl (C=O) groups excluding carboxylic acids is 1. The van der Waals surface area contributed by atoms with Crippen LogP contribution in [0.4, 0.5) is 9.18 Å². The van der Waals surface area contributed by atoms with Crippen LogP contribution in [0.2, 0.25) is 0 Å². The normalized spacial score (nSPS) is 20.7. The molecule has 3 rings (SSSR count). The number of nitrogens with one attached hydrogen (secondary N) is 1. The van der Waals surface area contributed by atoms with Gasteiger partial charge in [0.05, 0.1) is 6.07 Å². The molecule has 6 heteroatoms. The van der Waals surface area contributed by atoms with E-state index in [1.807, 2.05) is 4.90 Å². The molecule has 25 heavy (non-hydrogen) atoms. The zero-order valence-corrected chi connectivity index (χ0v) is 14.5. The van der Waals surface area contributed by atoms with Gasteiger partial charge >= 0.3 is 6.03 Å². The molecule has 134 valence electrons. The van der Waals surface area contributed by atoms with E-state index in [0.29, 0.717) is 37.8 Å². The summed E-state index contributed by atoms with van der Waals surface area (Å²) in [5.41, 5.74) is 0.408. The van der Waals surface area contributed by atoms with E-state index in [9.17, 15) is 14.4 Å². The molecule has 1 saturated heterocycles. The lowest BCUT2D eigenvalue weighted by molar-refractivity contribution is 0.120. The van der Waals surface area contributed by atoms with Gasteiger partial charge < -0.3 is 10.2 Å². The molecule has 0 radical (unpaired) electrons. The fourth-order valence-corrected chi connectivity index (χ4v) is 3.74. The zero-order chi connectivity index (χ0) is 17.6. The lowest BCUT2D eigenvalue weighted by atomic mass is 9.96. The van der Waals surface area contributed by atoms with Crippen molar-refractivity contribution in [1.29, 1.82) is 5.26 Å². The zero-order valence-electron chi connectivity index (χ0n) is 14.5. The number of rotatable bonds is 3. The quantitative estimate of drug-likeness (QED) is 0.917.